The van der Waals surface area contributed by atoms with E-state index < -0.39 is 5.54 Å². The number of amides is 1. The number of rotatable bonds is 7. The molecule has 4 heteroatoms. The van der Waals surface area contributed by atoms with Crippen molar-refractivity contribution in [2.24, 2.45) is 0 Å². The maximum absolute atomic E-state index is 12.3. The normalized spacial score (nSPS) is 16.4. The maximum Gasteiger partial charge on any atom is 0.235 e. The van der Waals surface area contributed by atoms with Gasteiger partial charge in [0.1, 0.15) is 5.54 Å². The van der Waals surface area contributed by atoms with E-state index in [1.54, 1.807) is 0 Å². The summed E-state index contributed by atoms with van der Waals surface area (Å²) in [7, 11) is 0. The molecule has 0 saturated heterocycles. The Kier molecular flexibility index (Phi) is 5.97. The summed E-state index contributed by atoms with van der Waals surface area (Å²) in [5.74, 6) is -0.0344. The summed E-state index contributed by atoms with van der Waals surface area (Å²) in [6.07, 6.45) is 4.61. The van der Waals surface area contributed by atoms with E-state index in [0.29, 0.717) is 6.54 Å². The molecule has 1 fully saturated rings. The van der Waals surface area contributed by atoms with Crippen molar-refractivity contribution < 1.29 is 4.79 Å². The molecule has 0 heterocycles. The predicted molar refractivity (Wildman–Crippen MR) is 87.0 cm³/mol. The monoisotopic (exact) mass is 299 g/mol. The molecule has 0 aromatic heterocycles. The van der Waals surface area contributed by atoms with Crippen LogP contribution in [0.1, 0.15) is 44.6 Å². The minimum atomic E-state index is -0.623. The lowest BCUT2D eigenvalue weighted by Gasteiger charge is -2.26. The summed E-state index contributed by atoms with van der Waals surface area (Å²) < 4.78 is 0. The third kappa shape index (κ3) is 4.57. The Morgan fingerprint density at radius 3 is 2.59 bits per heavy atom. The predicted octanol–water partition coefficient (Wildman–Crippen LogP) is 2.85. The van der Waals surface area contributed by atoms with Crippen LogP contribution in [0, 0.1) is 11.3 Å². The van der Waals surface area contributed by atoms with Crippen LogP contribution in [0.4, 0.5) is 0 Å². The quantitative estimate of drug-likeness (QED) is 0.842. The Bertz CT molecular complexity index is 515. The van der Waals surface area contributed by atoms with Gasteiger partial charge in [-0.05, 0) is 44.2 Å². The Hall–Kier alpha value is -1.86. The SMILES string of the molecule is CCCN(CC(=O)NC1(C#N)CCCC1)Cc1ccccc1. The van der Waals surface area contributed by atoms with Crippen molar-refractivity contribution in [1.29, 1.82) is 5.26 Å². The van der Waals surface area contributed by atoms with Crippen molar-refractivity contribution in [3.05, 3.63) is 35.9 Å². The van der Waals surface area contributed by atoms with Gasteiger partial charge in [-0.1, -0.05) is 37.3 Å². The molecule has 0 unspecified atom stereocenters. The van der Waals surface area contributed by atoms with Gasteiger partial charge >= 0.3 is 0 Å². The summed E-state index contributed by atoms with van der Waals surface area (Å²) in [6, 6.07) is 12.5. The summed E-state index contributed by atoms with van der Waals surface area (Å²) in [6.45, 7) is 4.11. The first kappa shape index (κ1) is 16.5. The summed E-state index contributed by atoms with van der Waals surface area (Å²) >= 11 is 0. The molecule has 2 rings (SSSR count). The van der Waals surface area contributed by atoms with Crippen molar-refractivity contribution in [1.82, 2.24) is 10.2 Å². The summed E-state index contributed by atoms with van der Waals surface area (Å²) in [5.41, 5.74) is 0.585. The average Bonchev–Trinajstić information content (AvgIpc) is 2.97. The molecule has 0 atom stereocenters. The lowest BCUT2D eigenvalue weighted by Crippen LogP contribution is -2.49. The molecule has 1 aliphatic carbocycles. The van der Waals surface area contributed by atoms with Crippen LogP contribution in [0.25, 0.3) is 0 Å². The molecule has 1 N–H and O–H groups in total. The van der Waals surface area contributed by atoms with Crippen molar-refractivity contribution in [2.75, 3.05) is 13.1 Å². The fraction of sp³-hybridized carbons (Fsp3) is 0.556. The fourth-order valence-electron chi connectivity index (χ4n) is 3.12. The van der Waals surface area contributed by atoms with Gasteiger partial charge in [0, 0.05) is 6.54 Å². The lowest BCUT2D eigenvalue weighted by atomic mass is 10.00. The molecule has 118 valence electrons. The molecule has 22 heavy (non-hydrogen) atoms. The molecule has 4 nitrogen and oxygen atoms in total. The van der Waals surface area contributed by atoms with E-state index in [-0.39, 0.29) is 5.91 Å². The number of carbonyl (C=O) groups is 1. The van der Waals surface area contributed by atoms with Gasteiger partial charge in [0.05, 0.1) is 12.6 Å². The van der Waals surface area contributed by atoms with Crippen molar-refractivity contribution in [3.8, 4) is 6.07 Å². The van der Waals surface area contributed by atoms with Gasteiger partial charge in [0.25, 0.3) is 0 Å². The first-order valence-electron chi connectivity index (χ1n) is 8.16. The van der Waals surface area contributed by atoms with E-state index in [1.165, 1.54) is 5.56 Å². The maximum atomic E-state index is 12.3. The van der Waals surface area contributed by atoms with Crippen molar-refractivity contribution in [2.45, 2.75) is 51.1 Å². The molecule has 0 radical (unpaired) electrons. The highest BCUT2D eigenvalue weighted by Crippen LogP contribution is 2.28. The van der Waals surface area contributed by atoms with Gasteiger partial charge in [-0.3, -0.25) is 9.69 Å². The minimum absolute atomic E-state index is 0.0344. The second-order valence-electron chi connectivity index (χ2n) is 6.15. The van der Waals surface area contributed by atoms with E-state index >= 15 is 0 Å². The Labute approximate surface area is 133 Å². The zero-order valence-corrected chi connectivity index (χ0v) is 13.3. The van der Waals surface area contributed by atoms with Crippen LogP contribution in [0.15, 0.2) is 30.3 Å². The van der Waals surface area contributed by atoms with Gasteiger partial charge in [-0.2, -0.15) is 5.26 Å². The van der Waals surface area contributed by atoms with Crippen LogP contribution in [0.3, 0.4) is 0 Å². The number of benzene rings is 1. The first-order chi connectivity index (χ1) is 10.7. The van der Waals surface area contributed by atoms with E-state index in [9.17, 15) is 10.1 Å². The number of nitriles is 1. The lowest BCUT2D eigenvalue weighted by molar-refractivity contribution is -0.123. The first-order valence-corrected chi connectivity index (χ1v) is 8.16. The molecule has 1 saturated carbocycles. The van der Waals surface area contributed by atoms with E-state index in [0.717, 1.165) is 45.2 Å². The van der Waals surface area contributed by atoms with Crippen LogP contribution in [-0.2, 0) is 11.3 Å². The highest BCUT2D eigenvalue weighted by molar-refractivity contribution is 5.79. The molecule has 0 bridgehead atoms. The van der Waals surface area contributed by atoms with Gasteiger partial charge in [-0.25, -0.2) is 0 Å². The van der Waals surface area contributed by atoms with E-state index in [4.69, 9.17) is 0 Å². The number of hydrogen-bond acceptors (Lipinski definition) is 3. The van der Waals surface area contributed by atoms with E-state index in [2.05, 4.69) is 35.3 Å². The van der Waals surface area contributed by atoms with Gasteiger partial charge in [-0.15, -0.1) is 0 Å². The van der Waals surface area contributed by atoms with Gasteiger partial charge < -0.3 is 5.32 Å². The van der Waals surface area contributed by atoms with Crippen LogP contribution < -0.4 is 5.32 Å². The molecule has 1 aromatic rings. The van der Waals surface area contributed by atoms with Gasteiger partial charge in [0.2, 0.25) is 5.91 Å². The molecular weight excluding hydrogens is 274 g/mol. The van der Waals surface area contributed by atoms with Crippen LogP contribution in [-0.4, -0.2) is 29.4 Å². The smallest absolute Gasteiger partial charge is 0.235 e. The Morgan fingerprint density at radius 2 is 2.00 bits per heavy atom. The molecule has 0 spiro atoms. The molecule has 1 aliphatic rings. The zero-order chi connectivity index (χ0) is 15.8. The summed E-state index contributed by atoms with van der Waals surface area (Å²) in [5, 5.41) is 12.3. The third-order valence-electron chi connectivity index (χ3n) is 4.21. The summed E-state index contributed by atoms with van der Waals surface area (Å²) in [4.78, 5) is 14.5. The van der Waals surface area contributed by atoms with Crippen molar-refractivity contribution >= 4 is 5.91 Å². The topological polar surface area (TPSA) is 56.1 Å². The molecule has 1 aromatic carbocycles. The number of carbonyl (C=O) groups excluding carboxylic acids is 1. The third-order valence-corrected chi connectivity index (χ3v) is 4.21. The molecular formula is C18H25N3O. The fourth-order valence-corrected chi connectivity index (χ4v) is 3.12. The van der Waals surface area contributed by atoms with Crippen LogP contribution >= 0.6 is 0 Å². The number of nitrogens with zero attached hydrogens (tertiary/aromatic N) is 2. The highest BCUT2D eigenvalue weighted by Gasteiger charge is 2.35. The molecule has 0 aliphatic heterocycles. The van der Waals surface area contributed by atoms with Crippen LogP contribution in [0.2, 0.25) is 0 Å². The highest BCUT2D eigenvalue weighted by atomic mass is 16.2. The number of nitrogens with one attached hydrogen (secondary N) is 1. The Morgan fingerprint density at radius 1 is 1.32 bits per heavy atom. The Balaban J connectivity index is 1.92. The second-order valence-corrected chi connectivity index (χ2v) is 6.15. The van der Waals surface area contributed by atoms with E-state index in [1.807, 2.05) is 18.2 Å². The van der Waals surface area contributed by atoms with Crippen LogP contribution in [0.5, 0.6) is 0 Å². The zero-order valence-electron chi connectivity index (χ0n) is 13.3. The minimum Gasteiger partial charge on any atom is -0.337 e. The second kappa shape index (κ2) is 7.95. The standard InChI is InChI=1S/C18H25N3O/c1-2-12-21(13-16-8-4-3-5-9-16)14-17(22)20-18(15-19)10-6-7-11-18/h3-5,8-9H,2,6-7,10-14H2,1H3,(H,20,22). The van der Waals surface area contributed by atoms with Gasteiger partial charge in [0.15, 0.2) is 0 Å². The van der Waals surface area contributed by atoms with Crippen molar-refractivity contribution in [3.63, 3.8) is 0 Å². The number of hydrogen-bond donors (Lipinski definition) is 1. The largest absolute Gasteiger partial charge is 0.337 e. The molecule has 1 amide bonds. The average molecular weight is 299 g/mol.